The van der Waals surface area contributed by atoms with Crippen LogP contribution < -0.4 is 15.5 Å². The largest absolute Gasteiger partial charge is 0.338 e. The molecular formula is C15H23FN6O. The Morgan fingerprint density at radius 2 is 1.87 bits per heavy atom. The Kier molecular flexibility index (Phi) is 4.72. The third-order valence-corrected chi connectivity index (χ3v) is 4.43. The molecule has 3 heterocycles. The van der Waals surface area contributed by atoms with E-state index in [0.717, 1.165) is 32.1 Å². The van der Waals surface area contributed by atoms with E-state index in [1.54, 1.807) is 18.5 Å². The fraction of sp³-hybridized carbons (Fsp3) is 0.667. The van der Waals surface area contributed by atoms with Gasteiger partial charge in [0.1, 0.15) is 6.29 Å². The molecule has 3 atom stereocenters. The van der Waals surface area contributed by atoms with E-state index in [2.05, 4.69) is 30.4 Å². The summed E-state index contributed by atoms with van der Waals surface area (Å²) in [7, 11) is 0. The molecule has 2 aliphatic rings. The minimum Gasteiger partial charge on any atom is -0.338 e. The highest BCUT2D eigenvalue weighted by Gasteiger charge is 2.40. The van der Waals surface area contributed by atoms with Crippen LogP contribution in [-0.2, 0) is 4.79 Å². The molecule has 2 N–H and O–H groups in total. The van der Waals surface area contributed by atoms with Crippen LogP contribution in [0.2, 0.25) is 0 Å². The minimum atomic E-state index is -1.50. The van der Waals surface area contributed by atoms with E-state index in [1.165, 1.54) is 0 Å². The number of carbonyl (C=O) groups excluding carboxylic acids is 1. The lowest BCUT2D eigenvalue weighted by Crippen LogP contribution is -2.71. The van der Waals surface area contributed by atoms with Crippen molar-refractivity contribution >= 4 is 11.9 Å². The third-order valence-electron chi connectivity index (χ3n) is 4.43. The monoisotopic (exact) mass is 322 g/mol. The number of nitrogens with zero attached hydrogens (tertiary/aromatic N) is 4. The first-order chi connectivity index (χ1) is 11.1. The second-order valence-electron chi connectivity index (χ2n) is 6.32. The summed E-state index contributed by atoms with van der Waals surface area (Å²) >= 11 is 0. The number of alkyl halides is 1. The van der Waals surface area contributed by atoms with Gasteiger partial charge >= 0.3 is 0 Å². The number of carbonyl (C=O) groups is 1. The average molecular weight is 322 g/mol. The molecule has 0 aliphatic carbocycles. The lowest BCUT2D eigenvalue weighted by molar-refractivity contribution is -0.134. The summed E-state index contributed by atoms with van der Waals surface area (Å²) in [6.07, 6.45) is 1.64. The van der Waals surface area contributed by atoms with E-state index in [0.29, 0.717) is 0 Å². The Hall–Kier alpha value is -1.80. The van der Waals surface area contributed by atoms with Crippen molar-refractivity contribution in [2.24, 2.45) is 5.92 Å². The molecule has 0 spiro atoms. The van der Waals surface area contributed by atoms with Gasteiger partial charge in [-0.3, -0.25) is 15.0 Å². The molecule has 1 amide bonds. The van der Waals surface area contributed by atoms with Crippen molar-refractivity contribution in [3.05, 3.63) is 18.5 Å². The maximum atomic E-state index is 14.0. The molecule has 2 fully saturated rings. The maximum absolute atomic E-state index is 14.0. The molecule has 0 bridgehead atoms. The fourth-order valence-electron chi connectivity index (χ4n) is 3.05. The molecule has 2 saturated heterocycles. The van der Waals surface area contributed by atoms with Crippen LogP contribution in [0.15, 0.2) is 18.5 Å². The summed E-state index contributed by atoms with van der Waals surface area (Å²) in [5.74, 6) is 0.246. The number of nitrogens with one attached hydrogen (secondary N) is 2. The highest BCUT2D eigenvalue weighted by molar-refractivity contribution is 5.82. The van der Waals surface area contributed by atoms with Gasteiger partial charge in [-0.1, -0.05) is 13.8 Å². The number of halogens is 1. The van der Waals surface area contributed by atoms with Crippen LogP contribution in [0.4, 0.5) is 10.3 Å². The van der Waals surface area contributed by atoms with Gasteiger partial charge < -0.3 is 10.2 Å². The Morgan fingerprint density at radius 1 is 1.22 bits per heavy atom. The molecule has 0 radical (unpaired) electrons. The van der Waals surface area contributed by atoms with E-state index in [4.69, 9.17) is 0 Å². The Balaban J connectivity index is 1.60. The average Bonchev–Trinajstić information content (AvgIpc) is 2.58. The minimum absolute atomic E-state index is 0.0533. The number of piperazine rings is 1. The molecule has 7 nitrogen and oxygen atoms in total. The Morgan fingerprint density at radius 3 is 2.48 bits per heavy atom. The summed E-state index contributed by atoms with van der Waals surface area (Å²) in [5.41, 5.74) is 0. The molecule has 3 rings (SSSR count). The van der Waals surface area contributed by atoms with Crippen molar-refractivity contribution in [3.8, 4) is 0 Å². The molecule has 3 unspecified atom stereocenters. The van der Waals surface area contributed by atoms with Gasteiger partial charge in [-0.05, 0) is 12.0 Å². The SMILES string of the molecule is CC(C)C1NC(N2CCN(c3ncccn3)CC2)NC(=O)C1F. The highest BCUT2D eigenvalue weighted by atomic mass is 19.1. The van der Waals surface area contributed by atoms with Crippen LogP contribution in [0.25, 0.3) is 0 Å². The fourth-order valence-corrected chi connectivity index (χ4v) is 3.05. The van der Waals surface area contributed by atoms with E-state index < -0.39 is 18.1 Å². The smallest absolute Gasteiger partial charge is 0.258 e. The summed E-state index contributed by atoms with van der Waals surface area (Å²) in [6, 6.07) is 1.34. The number of hydrogen-bond donors (Lipinski definition) is 2. The van der Waals surface area contributed by atoms with Crippen molar-refractivity contribution in [1.29, 1.82) is 0 Å². The van der Waals surface area contributed by atoms with Crippen LogP contribution in [0.3, 0.4) is 0 Å². The van der Waals surface area contributed by atoms with Crippen LogP contribution in [0.5, 0.6) is 0 Å². The Bertz CT molecular complexity index is 534. The summed E-state index contributed by atoms with van der Waals surface area (Å²) in [6.45, 7) is 6.87. The Labute approximate surface area is 135 Å². The van der Waals surface area contributed by atoms with Gasteiger partial charge in [-0.25, -0.2) is 14.4 Å². The van der Waals surface area contributed by atoms with Gasteiger partial charge in [-0.15, -0.1) is 0 Å². The van der Waals surface area contributed by atoms with Gasteiger partial charge in [0.2, 0.25) is 5.95 Å². The molecule has 1 aromatic heterocycles. The zero-order chi connectivity index (χ0) is 16.4. The maximum Gasteiger partial charge on any atom is 0.258 e. The van der Waals surface area contributed by atoms with Gasteiger partial charge in [0.15, 0.2) is 6.17 Å². The van der Waals surface area contributed by atoms with Gasteiger partial charge in [-0.2, -0.15) is 0 Å². The molecule has 1 aromatic rings. The lowest BCUT2D eigenvalue weighted by atomic mass is 9.97. The van der Waals surface area contributed by atoms with Crippen molar-refractivity contribution in [2.75, 3.05) is 31.1 Å². The van der Waals surface area contributed by atoms with Gasteiger partial charge in [0, 0.05) is 38.6 Å². The molecule has 2 aliphatic heterocycles. The third kappa shape index (κ3) is 3.42. The first kappa shape index (κ1) is 16.1. The molecule has 8 heteroatoms. The van der Waals surface area contributed by atoms with E-state index in [9.17, 15) is 9.18 Å². The molecule has 0 aromatic carbocycles. The number of anilines is 1. The van der Waals surface area contributed by atoms with E-state index >= 15 is 0 Å². The van der Waals surface area contributed by atoms with Crippen molar-refractivity contribution < 1.29 is 9.18 Å². The van der Waals surface area contributed by atoms with Gasteiger partial charge in [0.05, 0.1) is 6.04 Å². The van der Waals surface area contributed by atoms with Gasteiger partial charge in [0.25, 0.3) is 5.91 Å². The lowest BCUT2D eigenvalue weighted by Gasteiger charge is -2.44. The molecule has 0 saturated carbocycles. The van der Waals surface area contributed by atoms with Crippen LogP contribution >= 0.6 is 0 Å². The topological polar surface area (TPSA) is 73.4 Å². The molecular weight excluding hydrogens is 299 g/mol. The van der Waals surface area contributed by atoms with Crippen LogP contribution in [0, 0.1) is 5.92 Å². The number of hydrogen-bond acceptors (Lipinski definition) is 6. The van der Waals surface area contributed by atoms with Crippen LogP contribution in [-0.4, -0.2) is 65.5 Å². The first-order valence-corrected chi connectivity index (χ1v) is 8.03. The highest BCUT2D eigenvalue weighted by Crippen LogP contribution is 2.17. The summed E-state index contributed by atoms with van der Waals surface area (Å²) in [5, 5.41) is 5.95. The molecule has 23 heavy (non-hydrogen) atoms. The number of rotatable bonds is 3. The normalized spacial score (nSPS) is 29.7. The van der Waals surface area contributed by atoms with E-state index in [1.807, 2.05) is 13.8 Å². The zero-order valence-corrected chi connectivity index (χ0v) is 13.4. The summed E-state index contributed by atoms with van der Waals surface area (Å²) < 4.78 is 14.0. The second-order valence-corrected chi connectivity index (χ2v) is 6.32. The number of aromatic nitrogens is 2. The van der Waals surface area contributed by atoms with E-state index in [-0.39, 0.29) is 12.2 Å². The first-order valence-electron chi connectivity index (χ1n) is 8.03. The predicted molar refractivity (Wildman–Crippen MR) is 84.4 cm³/mol. The standard InChI is InChI=1S/C15H23FN6O/c1-10(2)12-11(16)13(23)20-15(19-12)22-8-6-21(7-9-22)14-17-4-3-5-18-14/h3-5,10-12,15,19H,6-9H2,1-2H3,(H,20,23). The summed E-state index contributed by atoms with van der Waals surface area (Å²) in [4.78, 5) is 24.6. The van der Waals surface area contributed by atoms with Crippen molar-refractivity contribution in [2.45, 2.75) is 32.4 Å². The second kappa shape index (κ2) is 6.76. The number of amides is 1. The zero-order valence-electron chi connectivity index (χ0n) is 13.4. The quantitative estimate of drug-likeness (QED) is 0.814. The van der Waals surface area contributed by atoms with Crippen LogP contribution in [0.1, 0.15) is 13.8 Å². The van der Waals surface area contributed by atoms with Crippen molar-refractivity contribution in [1.82, 2.24) is 25.5 Å². The molecule has 126 valence electrons. The predicted octanol–water partition coefficient (Wildman–Crippen LogP) is -0.0357. The van der Waals surface area contributed by atoms with Crippen molar-refractivity contribution in [3.63, 3.8) is 0 Å².